The quantitative estimate of drug-likeness (QED) is 0.916. The smallest absolute Gasteiger partial charge is 0.229 e. The summed E-state index contributed by atoms with van der Waals surface area (Å²) in [6.45, 7) is 0. The Balaban J connectivity index is 2.40. The maximum absolute atomic E-state index is 13.1. The van der Waals surface area contributed by atoms with E-state index in [4.69, 9.17) is 23.2 Å². The van der Waals surface area contributed by atoms with Crippen molar-refractivity contribution in [3.63, 3.8) is 0 Å². The highest BCUT2D eigenvalue weighted by Gasteiger charge is 2.09. The van der Waals surface area contributed by atoms with E-state index < -0.39 is 15.8 Å². The molecule has 0 spiro atoms. The molecule has 3 nitrogen and oxygen atoms in total. The number of nitrogens with one attached hydrogen (secondary N) is 1. The molecule has 2 rings (SSSR count). The molecule has 106 valence electrons. The van der Waals surface area contributed by atoms with Gasteiger partial charge in [-0.15, -0.1) is 0 Å². The van der Waals surface area contributed by atoms with Crippen LogP contribution in [0.4, 0.5) is 10.1 Å². The highest BCUT2D eigenvalue weighted by molar-refractivity contribution is 7.92. The van der Waals surface area contributed by atoms with E-state index in [0.717, 1.165) is 6.26 Å². The average Bonchev–Trinajstić information content (AvgIpc) is 2.34. The number of hydrogen-bond donors (Lipinski definition) is 1. The Morgan fingerprint density at radius 2 is 1.55 bits per heavy atom. The molecule has 0 saturated heterocycles. The van der Waals surface area contributed by atoms with Gasteiger partial charge < -0.3 is 0 Å². The molecule has 20 heavy (non-hydrogen) atoms. The molecule has 2 aromatic rings. The minimum Gasteiger partial charge on any atom is -0.282 e. The van der Waals surface area contributed by atoms with Gasteiger partial charge in [-0.3, -0.25) is 4.72 Å². The minimum atomic E-state index is -3.39. The molecule has 0 fully saturated rings. The van der Waals surface area contributed by atoms with Gasteiger partial charge in [0.05, 0.1) is 22.0 Å². The molecular weight excluding hydrogens is 324 g/mol. The molecule has 0 radical (unpaired) electrons. The van der Waals surface area contributed by atoms with Crippen LogP contribution in [0.25, 0.3) is 11.1 Å². The van der Waals surface area contributed by atoms with Crippen molar-refractivity contribution in [1.82, 2.24) is 0 Å². The third-order valence-electron chi connectivity index (χ3n) is 2.52. The standard InChI is InChI=1S/C13H10Cl2FNO2S/c1-20(18,19)17-13-5-3-9(7-11(13)15)8-2-4-12(16)10(14)6-8/h2-7,17H,1H3. The first-order valence-electron chi connectivity index (χ1n) is 5.49. The molecule has 0 aliphatic carbocycles. The lowest BCUT2D eigenvalue weighted by atomic mass is 10.1. The topological polar surface area (TPSA) is 46.2 Å². The highest BCUT2D eigenvalue weighted by Crippen LogP contribution is 2.31. The van der Waals surface area contributed by atoms with Crippen LogP contribution in [-0.4, -0.2) is 14.7 Å². The zero-order valence-electron chi connectivity index (χ0n) is 10.3. The summed E-state index contributed by atoms with van der Waals surface area (Å²) in [5, 5.41) is 0.255. The Morgan fingerprint density at radius 3 is 2.05 bits per heavy atom. The second-order valence-electron chi connectivity index (χ2n) is 4.20. The first kappa shape index (κ1) is 15.1. The fourth-order valence-electron chi connectivity index (χ4n) is 1.65. The van der Waals surface area contributed by atoms with Gasteiger partial charge in [-0.1, -0.05) is 35.3 Å². The van der Waals surface area contributed by atoms with Crippen molar-refractivity contribution in [2.24, 2.45) is 0 Å². The summed E-state index contributed by atoms with van der Waals surface area (Å²) < 4.78 is 37.7. The summed E-state index contributed by atoms with van der Waals surface area (Å²) in [7, 11) is -3.39. The van der Waals surface area contributed by atoms with Crippen LogP contribution >= 0.6 is 23.2 Å². The van der Waals surface area contributed by atoms with E-state index in [0.29, 0.717) is 11.1 Å². The van der Waals surface area contributed by atoms with Crippen LogP contribution in [0.15, 0.2) is 36.4 Å². The number of anilines is 1. The monoisotopic (exact) mass is 333 g/mol. The summed E-state index contributed by atoms with van der Waals surface area (Å²) in [4.78, 5) is 0. The van der Waals surface area contributed by atoms with Crippen molar-refractivity contribution >= 4 is 38.9 Å². The lowest BCUT2D eigenvalue weighted by Gasteiger charge is -2.09. The Kier molecular flexibility index (Phi) is 4.22. The molecule has 0 aliphatic rings. The Labute approximate surface area is 126 Å². The molecule has 0 heterocycles. The van der Waals surface area contributed by atoms with Crippen LogP contribution in [0.2, 0.25) is 10.0 Å². The van der Waals surface area contributed by atoms with Gasteiger partial charge in [0.15, 0.2) is 0 Å². The molecule has 0 bridgehead atoms. The summed E-state index contributed by atoms with van der Waals surface area (Å²) in [6, 6.07) is 9.09. The summed E-state index contributed by atoms with van der Waals surface area (Å²) in [5.41, 5.74) is 1.67. The molecule has 0 aromatic heterocycles. The van der Waals surface area contributed by atoms with E-state index in [2.05, 4.69) is 4.72 Å². The molecule has 1 N–H and O–H groups in total. The van der Waals surface area contributed by atoms with Gasteiger partial charge >= 0.3 is 0 Å². The molecule has 0 saturated carbocycles. The predicted octanol–water partition coefficient (Wildman–Crippen LogP) is 4.17. The maximum atomic E-state index is 13.1. The third kappa shape index (κ3) is 3.62. The normalized spacial score (nSPS) is 11.4. The lowest BCUT2D eigenvalue weighted by Crippen LogP contribution is -2.09. The van der Waals surface area contributed by atoms with Gasteiger partial charge in [-0.05, 0) is 35.4 Å². The molecular formula is C13H10Cl2FNO2S. The van der Waals surface area contributed by atoms with E-state index in [9.17, 15) is 12.8 Å². The van der Waals surface area contributed by atoms with Crippen LogP contribution in [0, 0.1) is 5.82 Å². The first-order chi connectivity index (χ1) is 9.26. The number of hydrogen-bond acceptors (Lipinski definition) is 2. The zero-order valence-corrected chi connectivity index (χ0v) is 12.7. The number of halogens is 3. The SMILES string of the molecule is CS(=O)(=O)Nc1ccc(-c2ccc(F)c(Cl)c2)cc1Cl. The van der Waals surface area contributed by atoms with Crippen molar-refractivity contribution in [1.29, 1.82) is 0 Å². The van der Waals surface area contributed by atoms with Gasteiger partial charge in [0.2, 0.25) is 10.0 Å². The molecule has 2 aromatic carbocycles. The van der Waals surface area contributed by atoms with Crippen molar-refractivity contribution < 1.29 is 12.8 Å². The van der Waals surface area contributed by atoms with E-state index in [1.54, 1.807) is 18.2 Å². The fourth-order valence-corrected chi connectivity index (χ4v) is 2.69. The van der Waals surface area contributed by atoms with Crippen molar-refractivity contribution in [3.8, 4) is 11.1 Å². The highest BCUT2D eigenvalue weighted by atomic mass is 35.5. The fraction of sp³-hybridized carbons (Fsp3) is 0.0769. The number of sulfonamides is 1. The van der Waals surface area contributed by atoms with Gasteiger partial charge in [-0.2, -0.15) is 0 Å². The molecule has 7 heteroatoms. The predicted molar refractivity (Wildman–Crippen MR) is 80.3 cm³/mol. The number of rotatable bonds is 3. The second kappa shape index (κ2) is 5.60. The average molecular weight is 334 g/mol. The van der Waals surface area contributed by atoms with Crippen molar-refractivity contribution in [2.45, 2.75) is 0 Å². The first-order valence-corrected chi connectivity index (χ1v) is 8.14. The molecule has 0 atom stereocenters. The van der Waals surface area contributed by atoms with Crippen molar-refractivity contribution in [2.75, 3.05) is 11.0 Å². The lowest BCUT2D eigenvalue weighted by molar-refractivity contribution is 0.607. The van der Waals surface area contributed by atoms with Gasteiger partial charge in [0, 0.05) is 0 Å². The van der Waals surface area contributed by atoms with Crippen LogP contribution in [0.1, 0.15) is 0 Å². The van der Waals surface area contributed by atoms with Crippen LogP contribution in [-0.2, 0) is 10.0 Å². The Hall–Kier alpha value is -1.30. The Morgan fingerprint density at radius 1 is 1.00 bits per heavy atom. The zero-order chi connectivity index (χ0) is 14.9. The molecule has 0 aliphatic heterocycles. The van der Waals surface area contributed by atoms with Crippen molar-refractivity contribution in [3.05, 3.63) is 52.3 Å². The van der Waals surface area contributed by atoms with Gasteiger partial charge in [0.1, 0.15) is 5.82 Å². The summed E-state index contributed by atoms with van der Waals surface area (Å²) >= 11 is 11.7. The van der Waals surface area contributed by atoms with E-state index in [1.165, 1.54) is 18.2 Å². The largest absolute Gasteiger partial charge is 0.282 e. The summed E-state index contributed by atoms with van der Waals surface area (Å²) in [5.74, 6) is -0.503. The molecule has 0 amide bonds. The second-order valence-corrected chi connectivity index (χ2v) is 6.76. The Bertz CT molecular complexity index is 763. The van der Waals surface area contributed by atoms with E-state index >= 15 is 0 Å². The third-order valence-corrected chi connectivity index (χ3v) is 3.71. The van der Waals surface area contributed by atoms with Crippen LogP contribution in [0.5, 0.6) is 0 Å². The van der Waals surface area contributed by atoms with Crippen LogP contribution < -0.4 is 4.72 Å². The molecule has 0 unspecified atom stereocenters. The van der Waals surface area contributed by atoms with Crippen LogP contribution in [0.3, 0.4) is 0 Å². The van der Waals surface area contributed by atoms with Gasteiger partial charge in [-0.25, -0.2) is 12.8 Å². The van der Waals surface area contributed by atoms with E-state index in [-0.39, 0.29) is 15.7 Å². The van der Waals surface area contributed by atoms with E-state index in [1.807, 2.05) is 0 Å². The summed E-state index contributed by atoms with van der Waals surface area (Å²) in [6.07, 6.45) is 1.04. The maximum Gasteiger partial charge on any atom is 0.229 e. The number of benzene rings is 2. The minimum absolute atomic E-state index is 0.0111. The van der Waals surface area contributed by atoms with Gasteiger partial charge in [0.25, 0.3) is 0 Å².